The summed E-state index contributed by atoms with van der Waals surface area (Å²) in [5.41, 5.74) is 0. The monoisotopic (exact) mass is 184 g/mol. The zero-order chi connectivity index (χ0) is 10.4. The summed E-state index contributed by atoms with van der Waals surface area (Å²) in [5, 5.41) is 16.7. The molecule has 0 saturated carbocycles. The Morgan fingerprint density at radius 2 is 2.15 bits per heavy atom. The minimum absolute atomic E-state index is 0.210. The first-order chi connectivity index (χ1) is 5.99. The van der Waals surface area contributed by atoms with Gasteiger partial charge in [-0.15, -0.1) is 0 Å². The maximum Gasteiger partial charge on any atom is 0.312 e. The van der Waals surface area contributed by atoms with E-state index in [1.807, 2.05) is 6.07 Å². The van der Waals surface area contributed by atoms with Crippen LogP contribution in [0.3, 0.4) is 0 Å². The number of aliphatic carboxylic acids is 1. The average molecular weight is 184 g/mol. The van der Waals surface area contributed by atoms with Gasteiger partial charge in [-0.3, -0.25) is 9.59 Å². The second-order valence-electron chi connectivity index (χ2n) is 2.79. The van der Waals surface area contributed by atoms with Gasteiger partial charge in [0.2, 0.25) is 5.91 Å². The van der Waals surface area contributed by atoms with Crippen LogP contribution in [0.15, 0.2) is 0 Å². The Morgan fingerprint density at radius 3 is 2.54 bits per heavy atom. The van der Waals surface area contributed by atoms with E-state index in [1.165, 1.54) is 11.9 Å². The first kappa shape index (κ1) is 11.4. The van der Waals surface area contributed by atoms with Gasteiger partial charge in [0.1, 0.15) is 6.42 Å². The van der Waals surface area contributed by atoms with E-state index in [-0.39, 0.29) is 12.5 Å². The summed E-state index contributed by atoms with van der Waals surface area (Å²) in [6, 6.07) is 1.68. The predicted molar refractivity (Wildman–Crippen MR) is 44.7 cm³/mol. The van der Waals surface area contributed by atoms with Crippen molar-refractivity contribution >= 4 is 11.9 Å². The molecule has 0 aromatic heterocycles. The molecule has 13 heavy (non-hydrogen) atoms. The van der Waals surface area contributed by atoms with Gasteiger partial charge in [-0.05, 0) is 6.92 Å². The molecule has 0 aliphatic carbocycles. The van der Waals surface area contributed by atoms with Crippen molar-refractivity contribution in [3.05, 3.63) is 0 Å². The Hall–Kier alpha value is -1.57. The molecule has 0 fully saturated rings. The first-order valence-corrected chi connectivity index (χ1v) is 3.83. The molecule has 0 aliphatic rings. The van der Waals surface area contributed by atoms with Crippen LogP contribution < -0.4 is 0 Å². The van der Waals surface area contributed by atoms with Crippen LogP contribution in [0.1, 0.15) is 19.8 Å². The standard InChI is InChI=1S/C8H12N2O3/c1-6(3-4-9)10(2)7(11)5-8(12)13/h6H,3,5H2,1-2H3,(H,12,13). The Labute approximate surface area is 76.6 Å². The number of amides is 1. The highest BCUT2D eigenvalue weighted by molar-refractivity contribution is 5.93. The van der Waals surface area contributed by atoms with Crippen molar-refractivity contribution < 1.29 is 14.7 Å². The largest absolute Gasteiger partial charge is 0.481 e. The lowest BCUT2D eigenvalue weighted by atomic mass is 10.2. The van der Waals surface area contributed by atoms with Gasteiger partial charge < -0.3 is 10.0 Å². The fraction of sp³-hybridized carbons (Fsp3) is 0.625. The molecule has 0 rings (SSSR count). The first-order valence-electron chi connectivity index (χ1n) is 3.83. The topological polar surface area (TPSA) is 81.4 Å². The SMILES string of the molecule is CC(CC#N)N(C)C(=O)CC(=O)O. The molecule has 0 heterocycles. The van der Waals surface area contributed by atoms with Crippen molar-refractivity contribution in [2.45, 2.75) is 25.8 Å². The molecule has 1 amide bonds. The summed E-state index contributed by atoms with van der Waals surface area (Å²) < 4.78 is 0. The van der Waals surface area contributed by atoms with Gasteiger partial charge in [0.05, 0.1) is 12.5 Å². The quantitative estimate of drug-likeness (QED) is 0.634. The van der Waals surface area contributed by atoms with E-state index in [2.05, 4.69) is 0 Å². The van der Waals surface area contributed by atoms with Crippen LogP contribution in [0.4, 0.5) is 0 Å². The molecular weight excluding hydrogens is 172 g/mol. The molecule has 0 aliphatic heterocycles. The number of hydrogen-bond donors (Lipinski definition) is 1. The highest BCUT2D eigenvalue weighted by atomic mass is 16.4. The molecule has 5 heteroatoms. The van der Waals surface area contributed by atoms with Crippen LogP contribution >= 0.6 is 0 Å². The Morgan fingerprint density at radius 1 is 1.62 bits per heavy atom. The molecule has 0 aromatic rings. The normalized spacial score (nSPS) is 11.5. The maximum atomic E-state index is 11.1. The average Bonchev–Trinajstić information content (AvgIpc) is 2.02. The second kappa shape index (κ2) is 5.14. The van der Waals surface area contributed by atoms with E-state index >= 15 is 0 Å². The van der Waals surface area contributed by atoms with Crippen molar-refractivity contribution in [1.82, 2.24) is 4.90 Å². The molecule has 0 radical (unpaired) electrons. The van der Waals surface area contributed by atoms with Crippen molar-refractivity contribution in [2.24, 2.45) is 0 Å². The van der Waals surface area contributed by atoms with Crippen LogP contribution in [0, 0.1) is 11.3 Å². The van der Waals surface area contributed by atoms with Gasteiger partial charge in [0.15, 0.2) is 0 Å². The molecule has 1 atom stereocenters. The molecular formula is C8H12N2O3. The van der Waals surface area contributed by atoms with E-state index in [9.17, 15) is 9.59 Å². The van der Waals surface area contributed by atoms with Gasteiger partial charge in [0, 0.05) is 13.1 Å². The van der Waals surface area contributed by atoms with Crippen LogP contribution in [0.25, 0.3) is 0 Å². The van der Waals surface area contributed by atoms with Gasteiger partial charge >= 0.3 is 5.97 Å². The summed E-state index contributed by atoms with van der Waals surface area (Å²) in [5.74, 6) is -1.63. The summed E-state index contributed by atoms with van der Waals surface area (Å²) in [4.78, 5) is 22.6. The smallest absolute Gasteiger partial charge is 0.312 e. The number of carboxylic acids is 1. The lowest BCUT2D eigenvalue weighted by molar-refractivity contribution is -0.144. The lowest BCUT2D eigenvalue weighted by Gasteiger charge is -2.21. The lowest BCUT2D eigenvalue weighted by Crippen LogP contribution is -2.35. The van der Waals surface area contributed by atoms with Crippen molar-refractivity contribution in [1.29, 1.82) is 5.26 Å². The Balaban J connectivity index is 4.10. The van der Waals surface area contributed by atoms with Crippen LogP contribution in [0.2, 0.25) is 0 Å². The third kappa shape index (κ3) is 4.11. The molecule has 5 nitrogen and oxygen atoms in total. The third-order valence-corrected chi connectivity index (χ3v) is 1.74. The Bertz CT molecular complexity index is 244. The molecule has 1 unspecified atom stereocenters. The number of hydrogen-bond acceptors (Lipinski definition) is 3. The minimum atomic E-state index is -1.15. The van der Waals surface area contributed by atoms with E-state index in [0.717, 1.165) is 0 Å². The maximum absolute atomic E-state index is 11.1. The summed E-state index contributed by atoms with van der Waals surface area (Å²) in [6.07, 6.45) is -0.311. The molecule has 1 N–H and O–H groups in total. The van der Waals surface area contributed by atoms with E-state index in [1.54, 1.807) is 6.92 Å². The van der Waals surface area contributed by atoms with Crippen LogP contribution in [0.5, 0.6) is 0 Å². The zero-order valence-corrected chi connectivity index (χ0v) is 7.65. The van der Waals surface area contributed by atoms with Crippen molar-refractivity contribution in [3.63, 3.8) is 0 Å². The summed E-state index contributed by atoms with van der Waals surface area (Å²) >= 11 is 0. The number of carboxylic acid groups (broad SMARTS) is 1. The van der Waals surface area contributed by atoms with Gasteiger partial charge in [-0.25, -0.2) is 0 Å². The van der Waals surface area contributed by atoms with Gasteiger partial charge in [0.25, 0.3) is 0 Å². The summed E-state index contributed by atoms with van der Waals surface area (Å²) in [6.45, 7) is 1.70. The van der Waals surface area contributed by atoms with Gasteiger partial charge in [-0.1, -0.05) is 0 Å². The fourth-order valence-electron chi connectivity index (χ4n) is 0.769. The number of rotatable bonds is 4. The van der Waals surface area contributed by atoms with Crippen LogP contribution in [-0.2, 0) is 9.59 Å². The van der Waals surface area contributed by atoms with Crippen molar-refractivity contribution in [3.8, 4) is 6.07 Å². The number of carbonyl (C=O) groups is 2. The highest BCUT2D eigenvalue weighted by Gasteiger charge is 2.17. The van der Waals surface area contributed by atoms with Crippen molar-refractivity contribution in [2.75, 3.05) is 7.05 Å². The number of nitrogens with zero attached hydrogens (tertiary/aromatic N) is 2. The molecule has 0 saturated heterocycles. The van der Waals surface area contributed by atoms with E-state index < -0.39 is 18.3 Å². The Kier molecular flexibility index (Phi) is 4.52. The summed E-state index contributed by atoms with van der Waals surface area (Å²) in [7, 11) is 1.49. The van der Waals surface area contributed by atoms with E-state index in [0.29, 0.717) is 0 Å². The molecule has 0 bridgehead atoms. The predicted octanol–water partition coefficient (Wildman–Crippen LogP) is 0.222. The fourth-order valence-corrected chi connectivity index (χ4v) is 0.769. The van der Waals surface area contributed by atoms with Crippen LogP contribution in [-0.4, -0.2) is 35.0 Å². The minimum Gasteiger partial charge on any atom is -0.481 e. The zero-order valence-electron chi connectivity index (χ0n) is 7.65. The molecule has 72 valence electrons. The second-order valence-corrected chi connectivity index (χ2v) is 2.79. The number of nitriles is 1. The van der Waals surface area contributed by atoms with Gasteiger partial charge in [-0.2, -0.15) is 5.26 Å². The molecule has 0 spiro atoms. The third-order valence-electron chi connectivity index (χ3n) is 1.74. The van der Waals surface area contributed by atoms with E-state index in [4.69, 9.17) is 10.4 Å². The molecule has 0 aromatic carbocycles. The highest BCUT2D eigenvalue weighted by Crippen LogP contribution is 2.02. The number of carbonyl (C=O) groups excluding carboxylic acids is 1.